The van der Waals surface area contributed by atoms with Gasteiger partial charge in [0.05, 0.1) is 6.04 Å². The normalized spacial score (nSPS) is 32.0. The molecule has 3 rings (SSSR count). The summed E-state index contributed by atoms with van der Waals surface area (Å²) in [5.74, 6) is 0.380. The molecule has 0 saturated carbocycles. The summed E-state index contributed by atoms with van der Waals surface area (Å²) in [4.78, 5) is 17.5. The molecule has 1 spiro atoms. The van der Waals surface area contributed by atoms with Crippen LogP contribution in [0.4, 0.5) is 0 Å². The van der Waals surface area contributed by atoms with Crippen molar-refractivity contribution in [1.82, 2.24) is 9.80 Å². The Kier molecular flexibility index (Phi) is 5.22. The van der Waals surface area contributed by atoms with Crippen molar-refractivity contribution in [3.05, 3.63) is 12.2 Å². The molecule has 0 aromatic carbocycles. The average molecular weight is 304 g/mol. The largest absolute Gasteiger partial charge is 0.341 e. The number of hydrogen-bond donors (Lipinski definition) is 0. The summed E-state index contributed by atoms with van der Waals surface area (Å²) in [6.07, 6.45) is 16.0. The van der Waals surface area contributed by atoms with Crippen LogP contribution in [0.25, 0.3) is 0 Å². The second-order valence-corrected chi connectivity index (χ2v) is 7.70. The van der Waals surface area contributed by atoms with Crippen molar-refractivity contribution < 1.29 is 4.79 Å². The molecule has 0 N–H and O–H groups in total. The summed E-state index contributed by atoms with van der Waals surface area (Å²) in [6.45, 7) is 6.32. The van der Waals surface area contributed by atoms with E-state index < -0.39 is 0 Å². The van der Waals surface area contributed by atoms with Gasteiger partial charge in [0.1, 0.15) is 0 Å². The van der Waals surface area contributed by atoms with Crippen LogP contribution in [0.15, 0.2) is 12.2 Å². The van der Waals surface area contributed by atoms with Gasteiger partial charge in [0, 0.05) is 19.6 Å². The van der Waals surface area contributed by atoms with Gasteiger partial charge in [-0.1, -0.05) is 25.0 Å². The minimum atomic E-state index is 0.0705. The number of allylic oxidation sites excluding steroid dienone is 2. The van der Waals surface area contributed by atoms with Crippen LogP contribution in [-0.2, 0) is 4.79 Å². The highest BCUT2D eigenvalue weighted by molar-refractivity contribution is 5.81. The first-order chi connectivity index (χ1) is 10.7. The molecular formula is C19H32N2O. The van der Waals surface area contributed by atoms with E-state index in [0.717, 1.165) is 26.2 Å². The lowest BCUT2D eigenvalue weighted by Gasteiger charge is -2.46. The van der Waals surface area contributed by atoms with Crippen LogP contribution >= 0.6 is 0 Å². The first-order valence-corrected chi connectivity index (χ1v) is 9.38. The minimum absolute atomic E-state index is 0.0705. The van der Waals surface area contributed by atoms with Crippen LogP contribution in [0.5, 0.6) is 0 Å². The molecule has 2 atom stereocenters. The van der Waals surface area contributed by atoms with E-state index in [-0.39, 0.29) is 6.04 Å². The zero-order valence-corrected chi connectivity index (χ0v) is 14.2. The van der Waals surface area contributed by atoms with Crippen molar-refractivity contribution in [1.29, 1.82) is 0 Å². The van der Waals surface area contributed by atoms with Crippen molar-refractivity contribution in [2.24, 2.45) is 5.41 Å². The molecule has 1 aliphatic carbocycles. The lowest BCUT2D eigenvalue weighted by Crippen LogP contribution is -2.53. The van der Waals surface area contributed by atoms with Gasteiger partial charge < -0.3 is 4.90 Å². The van der Waals surface area contributed by atoms with Gasteiger partial charge in [-0.25, -0.2) is 0 Å². The van der Waals surface area contributed by atoms with Crippen molar-refractivity contribution in [2.45, 2.75) is 70.8 Å². The maximum Gasteiger partial charge on any atom is 0.239 e. The maximum absolute atomic E-state index is 12.9. The Morgan fingerprint density at radius 3 is 2.45 bits per heavy atom. The predicted molar refractivity (Wildman–Crippen MR) is 90.7 cm³/mol. The molecule has 0 radical (unpaired) electrons. The third-order valence-corrected chi connectivity index (χ3v) is 6.07. The smallest absolute Gasteiger partial charge is 0.239 e. The average Bonchev–Trinajstić information content (AvgIpc) is 2.83. The fraction of sp³-hybridized carbons (Fsp3) is 0.842. The summed E-state index contributed by atoms with van der Waals surface area (Å²) in [7, 11) is 0. The Balaban J connectivity index is 1.62. The molecule has 0 bridgehead atoms. The topological polar surface area (TPSA) is 23.6 Å². The van der Waals surface area contributed by atoms with Gasteiger partial charge in [-0.05, 0) is 63.8 Å². The summed E-state index contributed by atoms with van der Waals surface area (Å²) < 4.78 is 0. The SMILES string of the molecule is C[C@@H](C(=O)N1CCCCCC1)N1CCC[C@@]2(CC=CCC2)C1. The van der Waals surface area contributed by atoms with Crippen LogP contribution in [0, 0.1) is 5.41 Å². The Bertz CT molecular complexity index is 412. The summed E-state index contributed by atoms with van der Waals surface area (Å²) in [5, 5.41) is 0. The van der Waals surface area contributed by atoms with Crippen LogP contribution in [0.3, 0.4) is 0 Å². The number of carbonyl (C=O) groups is 1. The van der Waals surface area contributed by atoms with Crippen LogP contribution in [0.2, 0.25) is 0 Å². The number of piperidine rings is 1. The highest BCUT2D eigenvalue weighted by atomic mass is 16.2. The van der Waals surface area contributed by atoms with Crippen LogP contribution in [0.1, 0.15) is 64.7 Å². The fourth-order valence-corrected chi connectivity index (χ4v) is 4.60. The zero-order valence-electron chi connectivity index (χ0n) is 14.2. The van der Waals surface area contributed by atoms with Crippen molar-refractivity contribution in [3.63, 3.8) is 0 Å². The highest BCUT2D eigenvalue weighted by Gasteiger charge is 2.38. The molecule has 2 fully saturated rings. The molecule has 2 heterocycles. The Hall–Kier alpha value is -0.830. The molecule has 22 heavy (non-hydrogen) atoms. The molecule has 2 saturated heterocycles. The second kappa shape index (κ2) is 7.16. The number of carbonyl (C=O) groups excluding carboxylic acids is 1. The molecule has 124 valence electrons. The number of likely N-dealkylation sites (tertiary alicyclic amines) is 2. The van der Waals surface area contributed by atoms with Gasteiger partial charge in [0.2, 0.25) is 5.91 Å². The van der Waals surface area contributed by atoms with Crippen LogP contribution in [-0.4, -0.2) is 47.9 Å². The van der Waals surface area contributed by atoms with E-state index in [0.29, 0.717) is 11.3 Å². The number of rotatable bonds is 2. The van der Waals surface area contributed by atoms with E-state index in [1.807, 2.05) is 0 Å². The Labute approximate surface area is 135 Å². The molecule has 0 unspecified atom stereocenters. The van der Waals surface area contributed by atoms with Crippen molar-refractivity contribution >= 4 is 5.91 Å². The van der Waals surface area contributed by atoms with E-state index in [1.165, 1.54) is 57.8 Å². The Morgan fingerprint density at radius 1 is 1.00 bits per heavy atom. The standard InChI is InChI=1S/C19H32N2O/c1-17(18(22)20-13-7-2-3-8-14-20)21-15-9-12-19(16-21)10-5-4-6-11-19/h4-5,17H,2-3,6-16H2,1H3/t17-,19-/m0/s1. The second-order valence-electron chi connectivity index (χ2n) is 7.70. The predicted octanol–water partition coefficient (Wildman–Crippen LogP) is 3.60. The van der Waals surface area contributed by atoms with E-state index >= 15 is 0 Å². The van der Waals surface area contributed by atoms with Gasteiger partial charge in [-0.15, -0.1) is 0 Å². The summed E-state index contributed by atoms with van der Waals surface area (Å²) >= 11 is 0. The summed E-state index contributed by atoms with van der Waals surface area (Å²) in [5.41, 5.74) is 0.459. The highest BCUT2D eigenvalue weighted by Crippen LogP contribution is 2.41. The maximum atomic E-state index is 12.9. The van der Waals surface area contributed by atoms with Gasteiger partial charge >= 0.3 is 0 Å². The molecule has 3 nitrogen and oxygen atoms in total. The first-order valence-electron chi connectivity index (χ1n) is 9.38. The van der Waals surface area contributed by atoms with Gasteiger partial charge in [-0.3, -0.25) is 9.69 Å². The quantitative estimate of drug-likeness (QED) is 0.728. The third-order valence-electron chi connectivity index (χ3n) is 6.07. The molecule has 2 aliphatic heterocycles. The molecule has 0 aromatic rings. The number of amides is 1. The fourth-order valence-electron chi connectivity index (χ4n) is 4.60. The van der Waals surface area contributed by atoms with Crippen LogP contribution < -0.4 is 0 Å². The van der Waals surface area contributed by atoms with E-state index in [9.17, 15) is 4.79 Å². The lowest BCUT2D eigenvalue weighted by atomic mass is 9.71. The van der Waals surface area contributed by atoms with Crippen molar-refractivity contribution in [3.8, 4) is 0 Å². The molecule has 3 heteroatoms. The molecule has 3 aliphatic rings. The molecule has 1 amide bonds. The van der Waals surface area contributed by atoms with Gasteiger partial charge in [0.25, 0.3) is 0 Å². The van der Waals surface area contributed by atoms with Crippen molar-refractivity contribution in [2.75, 3.05) is 26.2 Å². The first kappa shape index (κ1) is 16.0. The Morgan fingerprint density at radius 2 is 1.77 bits per heavy atom. The number of hydrogen-bond acceptors (Lipinski definition) is 2. The number of nitrogens with zero attached hydrogens (tertiary/aromatic N) is 2. The van der Waals surface area contributed by atoms with E-state index in [1.54, 1.807) is 0 Å². The van der Waals surface area contributed by atoms with Gasteiger partial charge in [0.15, 0.2) is 0 Å². The van der Waals surface area contributed by atoms with E-state index in [4.69, 9.17) is 0 Å². The molecular weight excluding hydrogens is 272 g/mol. The zero-order chi connectivity index (χ0) is 15.4. The van der Waals surface area contributed by atoms with Gasteiger partial charge in [-0.2, -0.15) is 0 Å². The van der Waals surface area contributed by atoms with E-state index in [2.05, 4.69) is 28.9 Å². The third kappa shape index (κ3) is 3.56. The lowest BCUT2D eigenvalue weighted by molar-refractivity contribution is -0.137. The summed E-state index contributed by atoms with van der Waals surface area (Å²) in [6, 6.07) is 0.0705. The monoisotopic (exact) mass is 304 g/mol. The molecule has 0 aromatic heterocycles. The minimum Gasteiger partial charge on any atom is -0.341 e.